The van der Waals surface area contributed by atoms with Gasteiger partial charge in [0.15, 0.2) is 0 Å². The van der Waals surface area contributed by atoms with E-state index in [0.29, 0.717) is 6.42 Å². The van der Waals surface area contributed by atoms with E-state index in [1.165, 1.54) is 5.56 Å². The van der Waals surface area contributed by atoms with Crippen molar-refractivity contribution in [2.75, 3.05) is 13.1 Å². The number of hydrogen-bond acceptors (Lipinski definition) is 4. The number of carbonyl (C=O) groups is 2. The fraction of sp³-hybridized carbons (Fsp3) is 0.381. The van der Waals surface area contributed by atoms with Crippen molar-refractivity contribution in [3.63, 3.8) is 0 Å². The quantitative estimate of drug-likeness (QED) is 0.676. The Bertz CT molecular complexity index is 761. The molecule has 1 unspecified atom stereocenters. The van der Waals surface area contributed by atoms with Crippen molar-refractivity contribution in [2.24, 2.45) is 5.73 Å². The molecule has 7 heteroatoms. The highest BCUT2D eigenvalue weighted by molar-refractivity contribution is 5.87. The van der Waals surface area contributed by atoms with Crippen molar-refractivity contribution < 1.29 is 9.59 Å². The zero-order valence-corrected chi connectivity index (χ0v) is 15.9. The molecule has 2 heterocycles. The van der Waals surface area contributed by atoms with Crippen LogP contribution >= 0.6 is 0 Å². The number of primary amides is 1. The second-order valence-corrected chi connectivity index (χ2v) is 7.17. The molecule has 7 nitrogen and oxygen atoms in total. The first-order chi connectivity index (χ1) is 13.6. The topological polar surface area (TPSA) is 100 Å². The Morgan fingerprint density at radius 3 is 2.39 bits per heavy atom. The largest absolute Gasteiger partial charge is 0.352 e. The lowest BCUT2D eigenvalue weighted by molar-refractivity contribution is -0.123. The molecular formula is C21H27N5O2. The summed E-state index contributed by atoms with van der Waals surface area (Å²) in [6, 6.07) is 12.4. The monoisotopic (exact) mass is 381 g/mol. The average Bonchev–Trinajstić information content (AvgIpc) is 2.70. The van der Waals surface area contributed by atoms with Gasteiger partial charge in [-0.1, -0.05) is 30.3 Å². The van der Waals surface area contributed by atoms with Crippen LogP contribution in [-0.4, -0.2) is 47.0 Å². The van der Waals surface area contributed by atoms with E-state index in [4.69, 9.17) is 5.73 Å². The minimum atomic E-state index is -0.691. The third-order valence-corrected chi connectivity index (χ3v) is 5.01. The molecule has 1 atom stereocenters. The highest BCUT2D eigenvalue weighted by Crippen LogP contribution is 2.14. The molecule has 28 heavy (non-hydrogen) atoms. The van der Waals surface area contributed by atoms with E-state index in [9.17, 15) is 9.59 Å². The van der Waals surface area contributed by atoms with Crippen LogP contribution in [0.15, 0.2) is 54.9 Å². The fourth-order valence-electron chi connectivity index (χ4n) is 3.51. The zero-order valence-electron chi connectivity index (χ0n) is 15.9. The van der Waals surface area contributed by atoms with Crippen LogP contribution in [0.25, 0.3) is 0 Å². The van der Waals surface area contributed by atoms with Gasteiger partial charge in [0.2, 0.25) is 5.91 Å². The number of benzene rings is 1. The van der Waals surface area contributed by atoms with Gasteiger partial charge >= 0.3 is 6.03 Å². The number of likely N-dealkylation sites (tertiary alicyclic amines) is 1. The van der Waals surface area contributed by atoms with Gasteiger partial charge in [-0.15, -0.1) is 0 Å². The number of piperidine rings is 1. The van der Waals surface area contributed by atoms with Crippen LogP contribution in [0.1, 0.15) is 24.0 Å². The lowest BCUT2D eigenvalue weighted by atomic mass is 10.0. The number of rotatable bonds is 7. The molecule has 1 fully saturated rings. The summed E-state index contributed by atoms with van der Waals surface area (Å²) in [6.07, 6.45) is 5.79. The van der Waals surface area contributed by atoms with E-state index in [2.05, 4.69) is 20.5 Å². The van der Waals surface area contributed by atoms with Crippen LogP contribution in [0.3, 0.4) is 0 Å². The van der Waals surface area contributed by atoms with E-state index < -0.39 is 12.1 Å². The summed E-state index contributed by atoms with van der Waals surface area (Å²) in [5.41, 5.74) is 7.49. The van der Waals surface area contributed by atoms with Gasteiger partial charge in [-0.2, -0.15) is 0 Å². The van der Waals surface area contributed by atoms with Crippen LogP contribution in [-0.2, 0) is 17.8 Å². The Morgan fingerprint density at radius 2 is 1.75 bits per heavy atom. The number of nitrogens with two attached hydrogens (primary N) is 1. The van der Waals surface area contributed by atoms with Crippen LogP contribution in [0.2, 0.25) is 0 Å². The lowest BCUT2D eigenvalue weighted by Crippen LogP contribution is -2.53. The molecule has 2 aromatic rings. The van der Waals surface area contributed by atoms with Crippen molar-refractivity contribution in [3.05, 3.63) is 66.0 Å². The summed E-state index contributed by atoms with van der Waals surface area (Å²) in [6.45, 7) is 2.72. The SMILES string of the molecule is NC(=O)NC(Cc1ccccc1)C(=O)NC1CCN(Cc2ccncc2)CC1. The van der Waals surface area contributed by atoms with Crippen molar-refractivity contribution in [1.29, 1.82) is 0 Å². The molecule has 0 saturated carbocycles. The second-order valence-electron chi connectivity index (χ2n) is 7.17. The predicted octanol–water partition coefficient (Wildman–Crippen LogP) is 1.44. The summed E-state index contributed by atoms with van der Waals surface area (Å²) < 4.78 is 0. The van der Waals surface area contributed by atoms with Crippen LogP contribution in [0, 0.1) is 0 Å². The van der Waals surface area contributed by atoms with Crippen LogP contribution < -0.4 is 16.4 Å². The number of nitrogens with zero attached hydrogens (tertiary/aromatic N) is 2. The van der Waals surface area contributed by atoms with Crippen LogP contribution in [0.5, 0.6) is 0 Å². The minimum absolute atomic E-state index is 0.106. The molecule has 1 aromatic heterocycles. The molecule has 0 aliphatic carbocycles. The van der Waals surface area contributed by atoms with Gasteiger partial charge in [-0.25, -0.2) is 4.79 Å². The third-order valence-electron chi connectivity index (χ3n) is 5.01. The van der Waals surface area contributed by atoms with Gasteiger partial charge in [0.25, 0.3) is 0 Å². The van der Waals surface area contributed by atoms with Gasteiger partial charge in [-0.05, 0) is 36.1 Å². The molecule has 1 aliphatic heterocycles. The molecule has 0 spiro atoms. The average molecular weight is 381 g/mol. The molecule has 0 bridgehead atoms. The van der Waals surface area contributed by atoms with Crippen LogP contribution in [0.4, 0.5) is 4.79 Å². The highest BCUT2D eigenvalue weighted by Gasteiger charge is 2.25. The Balaban J connectivity index is 1.50. The van der Waals surface area contributed by atoms with Gasteiger partial charge in [0, 0.05) is 44.5 Å². The maximum absolute atomic E-state index is 12.7. The van der Waals surface area contributed by atoms with E-state index in [1.54, 1.807) is 12.4 Å². The lowest BCUT2D eigenvalue weighted by Gasteiger charge is -2.33. The molecule has 1 saturated heterocycles. The molecule has 0 radical (unpaired) electrons. The Hall–Kier alpha value is -2.93. The highest BCUT2D eigenvalue weighted by atomic mass is 16.2. The van der Waals surface area contributed by atoms with Crippen molar-refractivity contribution >= 4 is 11.9 Å². The predicted molar refractivity (Wildman–Crippen MR) is 107 cm³/mol. The smallest absolute Gasteiger partial charge is 0.312 e. The molecule has 148 valence electrons. The number of nitrogens with one attached hydrogen (secondary N) is 2. The van der Waals surface area contributed by atoms with Crippen molar-refractivity contribution in [2.45, 2.75) is 37.9 Å². The molecule has 1 aliphatic rings. The minimum Gasteiger partial charge on any atom is -0.352 e. The number of urea groups is 1. The summed E-state index contributed by atoms with van der Waals surface area (Å²) >= 11 is 0. The van der Waals surface area contributed by atoms with Gasteiger partial charge in [0.05, 0.1) is 0 Å². The Labute approximate surface area is 165 Å². The number of amides is 3. The first kappa shape index (κ1) is 19.8. The van der Waals surface area contributed by atoms with Gasteiger partial charge in [-0.3, -0.25) is 14.7 Å². The maximum Gasteiger partial charge on any atom is 0.312 e. The second kappa shape index (κ2) is 9.85. The summed E-state index contributed by atoms with van der Waals surface area (Å²) in [5.74, 6) is -0.185. The standard InChI is InChI=1S/C21H27N5O2/c22-21(28)25-19(14-16-4-2-1-3-5-16)20(27)24-18-8-12-26(13-9-18)15-17-6-10-23-11-7-17/h1-7,10-11,18-19H,8-9,12-15H2,(H,24,27)(H3,22,25,28). The van der Waals surface area contributed by atoms with Gasteiger partial charge < -0.3 is 16.4 Å². The van der Waals surface area contributed by atoms with E-state index in [1.807, 2.05) is 42.5 Å². The van der Waals surface area contributed by atoms with E-state index >= 15 is 0 Å². The first-order valence-electron chi connectivity index (χ1n) is 9.61. The molecule has 4 N–H and O–H groups in total. The van der Waals surface area contributed by atoms with E-state index in [-0.39, 0.29) is 11.9 Å². The maximum atomic E-state index is 12.7. The van der Waals surface area contributed by atoms with E-state index in [0.717, 1.165) is 38.0 Å². The number of hydrogen-bond donors (Lipinski definition) is 3. The fourth-order valence-corrected chi connectivity index (χ4v) is 3.51. The number of pyridine rings is 1. The van der Waals surface area contributed by atoms with Crippen molar-refractivity contribution in [3.8, 4) is 0 Å². The number of carbonyl (C=O) groups excluding carboxylic acids is 2. The normalized spacial score (nSPS) is 16.3. The molecule has 1 aromatic carbocycles. The Morgan fingerprint density at radius 1 is 1.07 bits per heavy atom. The zero-order chi connectivity index (χ0) is 19.8. The van der Waals surface area contributed by atoms with Crippen molar-refractivity contribution in [1.82, 2.24) is 20.5 Å². The third kappa shape index (κ3) is 6.06. The molecular weight excluding hydrogens is 354 g/mol. The summed E-state index contributed by atoms with van der Waals surface area (Å²) in [7, 11) is 0. The summed E-state index contributed by atoms with van der Waals surface area (Å²) in [4.78, 5) is 30.5. The molecule has 3 rings (SSSR count). The molecule has 3 amide bonds. The summed E-state index contributed by atoms with van der Waals surface area (Å²) in [5, 5.41) is 5.65. The van der Waals surface area contributed by atoms with Gasteiger partial charge in [0.1, 0.15) is 6.04 Å². The Kier molecular flexibility index (Phi) is 6.97. The first-order valence-corrected chi connectivity index (χ1v) is 9.61. The number of aromatic nitrogens is 1.